The van der Waals surface area contributed by atoms with Crippen LogP contribution in [0.1, 0.15) is 27.2 Å². The van der Waals surface area contributed by atoms with Gasteiger partial charge in [0, 0.05) is 25.1 Å². The lowest BCUT2D eigenvalue weighted by Gasteiger charge is -2.24. The number of ether oxygens (including phenoxy) is 2. The van der Waals surface area contributed by atoms with Crippen molar-refractivity contribution < 1.29 is 19.2 Å². The van der Waals surface area contributed by atoms with Gasteiger partial charge in [-0.1, -0.05) is 0 Å². The highest BCUT2D eigenvalue weighted by molar-refractivity contribution is 5.78. The monoisotopic (exact) mass is 348 g/mol. The zero-order valence-corrected chi connectivity index (χ0v) is 14.3. The van der Waals surface area contributed by atoms with E-state index in [-0.39, 0.29) is 23.9 Å². The molecule has 1 saturated heterocycles. The fraction of sp³-hybridized carbons (Fsp3) is 0.500. The van der Waals surface area contributed by atoms with Gasteiger partial charge in [-0.2, -0.15) is 4.98 Å². The Morgan fingerprint density at radius 3 is 2.88 bits per heavy atom. The van der Waals surface area contributed by atoms with Gasteiger partial charge in [-0.05, 0) is 26.8 Å². The molecule has 0 saturated carbocycles. The standard InChI is InChI=1S/C16H20N4O5/c1-16(2,3)25-15(21)19-7-6-11(9-19)24-14-17-12-5-4-10(20(22)23)8-13(12)18-14/h4-5,8,11H,6-7,9H2,1-3H3,(H,17,18)/t11-/m0/s1. The van der Waals surface area contributed by atoms with E-state index in [0.29, 0.717) is 30.5 Å². The lowest BCUT2D eigenvalue weighted by atomic mass is 10.2. The fourth-order valence-corrected chi connectivity index (χ4v) is 2.62. The number of aromatic amines is 1. The summed E-state index contributed by atoms with van der Waals surface area (Å²) in [5.74, 6) is 0. The lowest BCUT2D eigenvalue weighted by molar-refractivity contribution is -0.384. The smallest absolute Gasteiger partial charge is 0.410 e. The number of aromatic nitrogens is 2. The summed E-state index contributed by atoms with van der Waals surface area (Å²) >= 11 is 0. The quantitative estimate of drug-likeness (QED) is 0.674. The molecule has 25 heavy (non-hydrogen) atoms. The molecule has 0 spiro atoms. The summed E-state index contributed by atoms with van der Waals surface area (Å²) in [6.07, 6.45) is 0.0954. The number of rotatable bonds is 3. The molecule has 134 valence electrons. The van der Waals surface area contributed by atoms with E-state index >= 15 is 0 Å². The molecular weight excluding hydrogens is 328 g/mol. The van der Waals surface area contributed by atoms with Gasteiger partial charge >= 0.3 is 6.09 Å². The molecule has 1 aromatic carbocycles. The first-order valence-corrected chi connectivity index (χ1v) is 8.00. The Morgan fingerprint density at radius 2 is 2.20 bits per heavy atom. The van der Waals surface area contributed by atoms with Gasteiger partial charge in [0.25, 0.3) is 11.7 Å². The molecule has 1 fully saturated rings. The molecule has 1 N–H and O–H groups in total. The number of non-ortho nitro benzene ring substituents is 1. The summed E-state index contributed by atoms with van der Waals surface area (Å²) in [6.45, 7) is 6.42. The molecule has 2 aromatic rings. The highest BCUT2D eigenvalue weighted by Crippen LogP contribution is 2.24. The van der Waals surface area contributed by atoms with Crippen LogP contribution in [-0.4, -0.2) is 50.7 Å². The molecule has 0 bridgehead atoms. The zero-order valence-electron chi connectivity index (χ0n) is 14.3. The molecule has 0 unspecified atom stereocenters. The normalized spacial score (nSPS) is 17.7. The number of imidazole rings is 1. The molecule has 1 aliphatic heterocycles. The van der Waals surface area contributed by atoms with Crippen LogP contribution in [0.25, 0.3) is 11.0 Å². The Labute approximate surface area is 144 Å². The molecule has 0 radical (unpaired) electrons. The summed E-state index contributed by atoms with van der Waals surface area (Å²) in [6, 6.07) is 4.66. The molecule has 1 aromatic heterocycles. The average molecular weight is 348 g/mol. The minimum atomic E-state index is -0.538. The van der Waals surface area contributed by atoms with E-state index in [9.17, 15) is 14.9 Å². The predicted octanol–water partition coefficient (Wildman–Crippen LogP) is 2.86. The summed E-state index contributed by atoms with van der Waals surface area (Å²) in [5, 5.41) is 10.8. The van der Waals surface area contributed by atoms with Crippen molar-refractivity contribution in [3.05, 3.63) is 28.3 Å². The second-order valence-corrected chi connectivity index (χ2v) is 6.96. The molecule has 3 rings (SSSR count). The van der Waals surface area contributed by atoms with Crippen LogP contribution in [0.15, 0.2) is 18.2 Å². The maximum absolute atomic E-state index is 12.1. The molecule has 1 atom stereocenters. The van der Waals surface area contributed by atoms with Gasteiger partial charge < -0.3 is 19.4 Å². The number of nitro benzene ring substituents is 1. The highest BCUT2D eigenvalue weighted by Gasteiger charge is 2.31. The van der Waals surface area contributed by atoms with Crippen molar-refractivity contribution in [3.8, 4) is 6.01 Å². The first kappa shape index (κ1) is 17.0. The highest BCUT2D eigenvalue weighted by atomic mass is 16.6. The summed E-state index contributed by atoms with van der Waals surface area (Å²) in [7, 11) is 0. The van der Waals surface area contributed by atoms with E-state index in [4.69, 9.17) is 9.47 Å². The van der Waals surface area contributed by atoms with Crippen molar-refractivity contribution in [1.82, 2.24) is 14.9 Å². The summed E-state index contributed by atoms with van der Waals surface area (Å²) in [5.41, 5.74) is 0.567. The van der Waals surface area contributed by atoms with Crippen molar-refractivity contribution in [2.45, 2.75) is 38.9 Å². The van der Waals surface area contributed by atoms with Crippen LogP contribution in [0.3, 0.4) is 0 Å². The number of nitrogens with one attached hydrogen (secondary N) is 1. The third-order valence-electron chi connectivity index (χ3n) is 3.73. The Kier molecular flexibility index (Phi) is 4.23. The fourth-order valence-electron chi connectivity index (χ4n) is 2.62. The minimum absolute atomic E-state index is 0.0142. The third-order valence-corrected chi connectivity index (χ3v) is 3.73. The number of likely N-dealkylation sites (tertiary alicyclic amines) is 1. The molecule has 2 heterocycles. The van der Waals surface area contributed by atoms with Crippen molar-refractivity contribution in [2.24, 2.45) is 0 Å². The zero-order chi connectivity index (χ0) is 18.2. The number of amides is 1. The van der Waals surface area contributed by atoms with Crippen LogP contribution >= 0.6 is 0 Å². The van der Waals surface area contributed by atoms with Crippen LogP contribution < -0.4 is 4.74 Å². The first-order valence-electron chi connectivity index (χ1n) is 8.00. The topological polar surface area (TPSA) is 111 Å². The van der Waals surface area contributed by atoms with Crippen molar-refractivity contribution in [3.63, 3.8) is 0 Å². The molecule has 1 amide bonds. The number of benzene rings is 1. The van der Waals surface area contributed by atoms with Gasteiger partial charge in [0.15, 0.2) is 0 Å². The Morgan fingerprint density at radius 1 is 1.44 bits per heavy atom. The largest absolute Gasteiger partial charge is 0.460 e. The van der Waals surface area contributed by atoms with Crippen LogP contribution in [0.5, 0.6) is 6.01 Å². The van der Waals surface area contributed by atoms with Crippen LogP contribution in [0.4, 0.5) is 10.5 Å². The van der Waals surface area contributed by atoms with Gasteiger partial charge in [-0.15, -0.1) is 0 Å². The van der Waals surface area contributed by atoms with Crippen LogP contribution in [0, 0.1) is 10.1 Å². The van der Waals surface area contributed by atoms with Gasteiger partial charge in [-0.3, -0.25) is 10.1 Å². The van der Waals surface area contributed by atoms with Crippen molar-refractivity contribution >= 4 is 22.8 Å². The number of fused-ring (bicyclic) bond motifs is 1. The Bertz CT molecular complexity index is 810. The second-order valence-electron chi connectivity index (χ2n) is 6.96. The average Bonchev–Trinajstić information content (AvgIpc) is 3.11. The number of carbonyl (C=O) groups is 1. The molecular formula is C16H20N4O5. The Balaban J connectivity index is 1.64. The SMILES string of the molecule is CC(C)(C)OC(=O)N1CC[C@H](Oc2nc3ccc([N+](=O)[O-])cc3[nH]2)C1. The van der Waals surface area contributed by atoms with Gasteiger partial charge in [0.05, 0.1) is 22.5 Å². The van der Waals surface area contributed by atoms with Crippen molar-refractivity contribution in [2.75, 3.05) is 13.1 Å². The molecule has 1 aliphatic rings. The lowest BCUT2D eigenvalue weighted by Crippen LogP contribution is -2.36. The first-order chi connectivity index (χ1) is 11.7. The third kappa shape index (κ3) is 3.98. The van der Waals surface area contributed by atoms with E-state index in [1.807, 2.05) is 20.8 Å². The number of nitrogens with zero attached hydrogens (tertiary/aromatic N) is 3. The summed E-state index contributed by atoms with van der Waals surface area (Å²) in [4.78, 5) is 31.2. The predicted molar refractivity (Wildman–Crippen MR) is 89.6 cm³/mol. The van der Waals surface area contributed by atoms with Crippen LogP contribution in [0.2, 0.25) is 0 Å². The van der Waals surface area contributed by atoms with Gasteiger partial charge in [-0.25, -0.2) is 4.79 Å². The van der Waals surface area contributed by atoms with E-state index in [1.165, 1.54) is 12.1 Å². The van der Waals surface area contributed by atoms with Crippen molar-refractivity contribution in [1.29, 1.82) is 0 Å². The minimum Gasteiger partial charge on any atom is -0.460 e. The molecule has 9 nitrogen and oxygen atoms in total. The Hall–Kier alpha value is -2.84. The number of hydrogen-bond donors (Lipinski definition) is 1. The van der Waals surface area contributed by atoms with E-state index < -0.39 is 10.5 Å². The summed E-state index contributed by atoms with van der Waals surface area (Å²) < 4.78 is 11.1. The van der Waals surface area contributed by atoms with E-state index in [1.54, 1.807) is 11.0 Å². The second kappa shape index (κ2) is 6.23. The molecule has 0 aliphatic carbocycles. The number of nitro groups is 1. The van der Waals surface area contributed by atoms with E-state index in [2.05, 4.69) is 9.97 Å². The van der Waals surface area contributed by atoms with Gasteiger partial charge in [0.1, 0.15) is 11.7 Å². The van der Waals surface area contributed by atoms with Gasteiger partial charge in [0.2, 0.25) is 0 Å². The molecule has 9 heteroatoms. The van der Waals surface area contributed by atoms with E-state index in [0.717, 1.165) is 0 Å². The maximum atomic E-state index is 12.1. The number of hydrogen-bond acceptors (Lipinski definition) is 6. The number of carbonyl (C=O) groups excluding carboxylic acids is 1. The number of H-pyrrole nitrogens is 1. The van der Waals surface area contributed by atoms with Crippen LogP contribution in [-0.2, 0) is 4.74 Å². The maximum Gasteiger partial charge on any atom is 0.410 e.